The quantitative estimate of drug-likeness (QED) is 0.0912. The molecule has 0 saturated heterocycles. The molecule has 0 aliphatic carbocycles. The van der Waals surface area contributed by atoms with Crippen LogP contribution in [0.5, 0.6) is 0 Å². The standard InChI is InChI=1S/C34H48Cl2O5Si6/c1-42(2,31-21-13-9-14-22-31)37-46(29-35,38-43(3,4)32-23-15-10-16-24-32)41-47(30-36,39-44(5,6)33-25-17-11-18-26-33)40-45(7,8)34-27-19-12-20-28-34/h9-28H,29-30H2,1-8H3. The zero-order chi connectivity index (χ0) is 34.4. The van der Waals surface area contributed by atoms with Crippen molar-refractivity contribution in [1.29, 1.82) is 0 Å². The lowest BCUT2D eigenvalue weighted by Crippen LogP contribution is -2.73. The molecule has 0 saturated carbocycles. The predicted octanol–water partition coefficient (Wildman–Crippen LogP) is 6.95. The molecule has 4 rings (SSSR count). The topological polar surface area (TPSA) is 46.2 Å². The Labute approximate surface area is 298 Å². The van der Waals surface area contributed by atoms with Crippen LogP contribution >= 0.6 is 23.2 Å². The minimum Gasteiger partial charge on any atom is -0.411 e. The molecule has 0 radical (unpaired) electrons. The molecule has 0 N–H and O–H groups in total. The van der Waals surface area contributed by atoms with Crippen molar-refractivity contribution in [2.75, 3.05) is 11.0 Å². The van der Waals surface area contributed by atoms with E-state index >= 15 is 0 Å². The van der Waals surface area contributed by atoms with Gasteiger partial charge in [0.05, 0.1) is 11.0 Å². The molecule has 0 aliphatic rings. The lowest BCUT2D eigenvalue weighted by atomic mass is 10.4. The van der Waals surface area contributed by atoms with Crippen LogP contribution in [0.3, 0.4) is 0 Å². The first kappa shape index (κ1) is 38.4. The van der Waals surface area contributed by atoms with Crippen molar-refractivity contribution in [3.05, 3.63) is 121 Å². The van der Waals surface area contributed by atoms with Gasteiger partial charge in [0.1, 0.15) is 0 Å². The van der Waals surface area contributed by atoms with Gasteiger partial charge in [-0.2, -0.15) is 0 Å². The Morgan fingerprint density at radius 2 is 0.532 bits per heavy atom. The maximum absolute atomic E-state index is 7.42. The summed E-state index contributed by atoms with van der Waals surface area (Å²) in [6.45, 7) is 17.3. The Kier molecular flexibility index (Phi) is 12.8. The van der Waals surface area contributed by atoms with Crippen LogP contribution in [0.25, 0.3) is 0 Å². The maximum Gasteiger partial charge on any atom is 0.488 e. The average molecular weight is 776 g/mol. The molecule has 0 heterocycles. The second kappa shape index (κ2) is 15.6. The smallest absolute Gasteiger partial charge is 0.411 e. The number of halogens is 2. The summed E-state index contributed by atoms with van der Waals surface area (Å²) in [7, 11) is -18.2. The highest BCUT2D eigenvalue weighted by Gasteiger charge is 2.60. The van der Waals surface area contributed by atoms with E-state index in [1.54, 1.807) is 0 Å². The molecule has 4 aromatic carbocycles. The summed E-state index contributed by atoms with van der Waals surface area (Å²) in [4.78, 5) is 0. The molecule has 0 fully saturated rings. The average Bonchev–Trinajstić information content (AvgIpc) is 3.05. The minimum absolute atomic E-state index is 0.0263. The molecule has 4 aromatic rings. The number of rotatable bonds is 16. The Balaban J connectivity index is 1.89. The van der Waals surface area contributed by atoms with Gasteiger partial charge >= 0.3 is 17.6 Å². The molecule has 0 aromatic heterocycles. The highest BCUT2D eigenvalue weighted by atomic mass is 35.5. The predicted molar refractivity (Wildman–Crippen MR) is 213 cm³/mol. The van der Waals surface area contributed by atoms with Crippen molar-refractivity contribution in [3.8, 4) is 0 Å². The molecule has 0 unspecified atom stereocenters. The molecule has 0 spiro atoms. The van der Waals surface area contributed by atoms with Gasteiger partial charge in [-0.15, -0.1) is 23.2 Å². The van der Waals surface area contributed by atoms with E-state index in [0.717, 1.165) is 20.7 Å². The molecule has 0 bridgehead atoms. The number of alkyl halides is 2. The number of hydrogen-bond acceptors (Lipinski definition) is 5. The van der Waals surface area contributed by atoms with Gasteiger partial charge in [0, 0.05) is 0 Å². The van der Waals surface area contributed by atoms with Crippen LogP contribution in [0, 0.1) is 0 Å². The zero-order valence-electron chi connectivity index (χ0n) is 28.8. The van der Waals surface area contributed by atoms with Gasteiger partial charge in [-0.05, 0) is 73.1 Å². The van der Waals surface area contributed by atoms with Crippen LogP contribution in [0.15, 0.2) is 121 Å². The molecular formula is C34H48Cl2O5Si6. The lowest BCUT2D eigenvalue weighted by molar-refractivity contribution is 0.185. The van der Waals surface area contributed by atoms with Crippen LogP contribution in [-0.2, 0) is 20.6 Å². The normalized spacial score (nSPS) is 13.5. The Hall–Kier alpha value is -1.44. The molecule has 5 nitrogen and oxygen atoms in total. The lowest BCUT2D eigenvalue weighted by Gasteiger charge is -2.47. The van der Waals surface area contributed by atoms with Gasteiger partial charge in [0.25, 0.3) is 0 Å². The van der Waals surface area contributed by atoms with E-state index in [0.29, 0.717) is 0 Å². The van der Waals surface area contributed by atoms with Crippen LogP contribution in [0.1, 0.15) is 0 Å². The number of hydrogen-bond donors (Lipinski definition) is 0. The van der Waals surface area contributed by atoms with E-state index in [1.165, 1.54) is 0 Å². The maximum atomic E-state index is 7.42. The first-order chi connectivity index (χ1) is 22.1. The van der Waals surface area contributed by atoms with Crippen molar-refractivity contribution in [2.24, 2.45) is 0 Å². The largest absolute Gasteiger partial charge is 0.488 e. The molecule has 0 aliphatic heterocycles. The summed E-state index contributed by atoms with van der Waals surface area (Å²) in [6.07, 6.45) is 0. The number of benzene rings is 4. The van der Waals surface area contributed by atoms with Gasteiger partial charge in [-0.25, -0.2) is 0 Å². The fourth-order valence-electron chi connectivity index (χ4n) is 5.67. The van der Waals surface area contributed by atoms with Crippen LogP contribution in [0.2, 0.25) is 52.4 Å². The van der Waals surface area contributed by atoms with Crippen molar-refractivity contribution in [3.63, 3.8) is 0 Å². The van der Waals surface area contributed by atoms with Crippen LogP contribution < -0.4 is 20.7 Å². The summed E-state index contributed by atoms with van der Waals surface area (Å²) in [5, 5.41) is 4.47. The molecule has 13 heteroatoms. The molecule has 0 atom stereocenters. The van der Waals surface area contributed by atoms with Crippen molar-refractivity contribution in [2.45, 2.75) is 52.4 Å². The Bertz CT molecular complexity index is 1320. The minimum atomic E-state index is -3.80. The molecule has 47 heavy (non-hydrogen) atoms. The SMILES string of the molecule is C[Si](C)(O[Si](CCl)(O[Si](CCl)(O[Si](C)(C)c1ccccc1)O[Si](C)(C)c1ccccc1)O[Si](C)(C)c1ccccc1)c1ccccc1. The third kappa shape index (κ3) is 9.84. The Morgan fingerprint density at radius 3 is 0.702 bits per heavy atom. The van der Waals surface area contributed by atoms with Gasteiger partial charge in [0.15, 0.2) is 0 Å². The van der Waals surface area contributed by atoms with E-state index in [2.05, 4.69) is 101 Å². The highest BCUT2D eigenvalue weighted by Crippen LogP contribution is 2.32. The van der Waals surface area contributed by atoms with Crippen molar-refractivity contribution in [1.82, 2.24) is 0 Å². The fraction of sp³-hybridized carbons (Fsp3) is 0.294. The first-order valence-corrected chi connectivity index (χ1v) is 32.5. The summed E-state index contributed by atoms with van der Waals surface area (Å²) in [5.41, 5.74) is 0.0526. The van der Waals surface area contributed by atoms with E-state index in [4.69, 9.17) is 43.8 Å². The Morgan fingerprint density at radius 1 is 0.340 bits per heavy atom. The fourth-order valence-corrected chi connectivity index (χ4v) is 33.4. The summed E-state index contributed by atoms with van der Waals surface area (Å²) in [5.74, 6) is 0. The molecular weight excluding hydrogens is 728 g/mol. The third-order valence-corrected chi connectivity index (χ3v) is 33.3. The van der Waals surface area contributed by atoms with Gasteiger partial charge in [-0.3, -0.25) is 0 Å². The van der Waals surface area contributed by atoms with E-state index < -0.39 is 50.9 Å². The second-order valence-corrected chi connectivity index (χ2v) is 37.0. The van der Waals surface area contributed by atoms with Crippen LogP contribution in [-0.4, -0.2) is 61.9 Å². The van der Waals surface area contributed by atoms with Gasteiger partial charge < -0.3 is 20.6 Å². The zero-order valence-corrected chi connectivity index (χ0v) is 36.3. The second-order valence-electron chi connectivity index (χ2n) is 13.6. The summed E-state index contributed by atoms with van der Waals surface area (Å²) >= 11 is 14.1. The van der Waals surface area contributed by atoms with E-state index in [1.807, 2.05) is 72.8 Å². The molecule has 252 valence electrons. The van der Waals surface area contributed by atoms with Crippen LogP contribution in [0.4, 0.5) is 0 Å². The van der Waals surface area contributed by atoms with Gasteiger partial charge in [-0.1, -0.05) is 121 Å². The van der Waals surface area contributed by atoms with E-state index in [9.17, 15) is 0 Å². The van der Waals surface area contributed by atoms with Crippen molar-refractivity contribution >= 4 is 94.8 Å². The van der Waals surface area contributed by atoms with E-state index in [-0.39, 0.29) is 11.0 Å². The van der Waals surface area contributed by atoms with Crippen molar-refractivity contribution < 1.29 is 20.6 Å². The first-order valence-electron chi connectivity index (χ1n) is 15.9. The summed E-state index contributed by atoms with van der Waals surface area (Å²) in [6, 6.07) is 41.2. The summed E-state index contributed by atoms with van der Waals surface area (Å²) < 4.78 is 36.6. The van der Waals surface area contributed by atoms with Gasteiger partial charge in [0.2, 0.25) is 33.3 Å². The third-order valence-electron chi connectivity index (χ3n) is 8.16. The molecule has 0 amide bonds. The highest BCUT2D eigenvalue weighted by molar-refractivity contribution is 7.01. The monoisotopic (exact) mass is 774 g/mol.